The van der Waals surface area contributed by atoms with Crippen LogP contribution < -0.4 is 5.32 Å². The van der Waals surface area contributed by atoms with E-state index in [-0.39, 0.29) is 0 Å². The van der Waals surface area contributed by atoms with Crippen molar-refractivity contribution in [2.45, 2.75) is 31.9 Å². The van der Waals surface area contributed by atoms with Crippen molar-refractivity contribution in [2.24, 2.45) is 0 Å². The molecule has 2 heteroatoms. The van der Waals surface area contributed by atoms with Crippen LogP contribution in [0.2, 0.25) is 0 Å². The van der Waals surface area contributed by atoms with E-state index in [4.69, 9.17) is 0 Å². The summed E-state index contributed by atoms with van der Waals surface area (Å²) in [5, 5.41) is 13.2. The van der Waals surface area contributed by atoms with Crippen LogP contribution in [-0.2, 0) is 0 Å². The van der Waals surface area contributed by atoms with Gasteiger partial charge in [-0.2, -0.15) is 0 Å². The molecule has 1 heterocycles. The zero-order valence-corrected chi connectivity index (χ0v) is 5.22. The van der Waals surface area contributed by atoms with Crippen LogP contribution in [0.25, 0.3) is 0 Å². The lowest BCUT2D eigenvalue weighted by Crippen LogP contribution is -2.39. The first kappa shape index (κ1) is 6.05. The lowest BCUT2D eigenvalue weighted by atomic mass is 10.0. The average molecular weight is 114 g/mol. The van der Waals surface area contributed by atoms with Gasteiger partial charge in [-0.1, -0.05) is 0 Å². The molecule has 1 radical (unpaired) electrons. The van der Waals surface area contributed by atoms with Crippen LogP contribution in [0.5, 0.6) is 0 Å². The summed E-state index contributed by atoms with van der Waals surface area (Å²) in [7, 11) is 0. The third-order valence-corrected chi connectivity index (χ3v) is 1.51. The van der Waals surface area contributed by atoms with Crippen LogP contribution in [0.1, 0.15) is 26.2 Å². The Morgan fingerprint density at radius 1 is 1.50 bits per heavy atom. The maximum atomic E-state index is 9.21. The smallest absolute Gasteiger partial charge is 0.128 e. The van der Waals surface area contributed by atoms with Gasteiger partial charge < -0.3 is 5.11 Å². The Hall–Kier alpha value is -0.0800. The van der Waals surface area contributed by atoms with Crippen molar-refractivity contribution in [1.29, 1.82) is 0 Å². The fraction of sp³-hybridized carbons (Fsp3) is 1.00. The molecule has 1 unspecified atom stereocenters. The number of hydrogen-bond acceptors (Lipinski definition) is 1. The Bertz CT molecular complexity index is 72.6. The molecule has 1 aliphatic heterocycles. The first-order chi connectivity index (χ1) is 3.71. The van der Waals surface area contributed by atoms with Crippen LogP contribution >= 0.6 is 0 Å². The first-order valence-electron chi connectivity index (χ1n) is 3.12. The lowest BCUT2D eigenvalue weighted by molar-refractivity contribution is -0.00450. The second-order valence-electron chi connectivity index (χ2n) is 2.56. The summed E-state index contributed by atoms with van der Waals surface area (Å²) in [6, 6.07) is 0. The van der Waals surface area contributed by atoms with Gasteiger partial charge in [0.25, 0.3) is 0 Å². The van der Waals surface area contributed by atoms with Crippen molar-refractivity contribution in [3.05, 3.63) is 0 Å². The minimum absolute atomic E-state index is 0.696. The number of aliphatic hydroxyl groups is 1. The highest BCUT2D eigenvalue weighted by atomic mass is 16.3. The Balaban J connectivity index is 2.33. The molecule has 47 valence electrons. The summed E-state index contributed by atoms with van der Waals surface area (Å²) in [6.45, 7) is 2.61. The number of rotatable bonds is 0. The van der Waals surface area contributed by atoms with E-state index in [0.29, 0.717) is 0 Å². The predicted molar refractivity (Wildman–Crippen MR) is 31.5 cm³/mol. The highest BCUT2D eigenvalue weighted by molar-refractivity contribution is 4.73. The summed E-state index contributed by atoms with van der Waals surface area (Å²) in [5.41, 5.74) is -0.696. The van der Waals surface area contributed by atoms with Crippen molar-refractivity contribution < 1.29 is 5.11 Å². The highest BCUT2D eigenvalue weighted by Gasteiger charge is 2.22. The molecule has 1 saturated heterocycles. The quantitative estimate of drug-likeness (QED) is 0.488. The lowest BCUT2D eigenvalue weighted by Gasteiger charge is -2.26. The fourth-order valence-corrected chi connectivity index (χ4v) is 0.971. The summed E-state index contributed by atoms with van der Waals surface area (Å²) < 4.78 is 0. The third-order valence-electron chi connectivity index (χ3n) is 1.51. The highest BCUT2D eigenvalue weighted by Crippen LogP contribution is 2.15. The monoisotopic (exact) mass is 114 g/mol. The van der Waals surface area contributed by atoms with Crippen molar-refractivity contribution in [2.75, 3.05) is 6.54 Å². The minimum Gasteiger partial charge on any atom is -0.375 e. The van der Waals surface area contributed by atoms with Gasteiger partial charge in [0.15, 0.2) is 0 Å². The van der Waals surface area contributed by atoms with Gasteiger partial charge in [-0.05, 0) is 26.2 Å². The second kappa shape index (κ2) is 2.03. The molecule has 0 saturated carbocycles. The van der Waals surface area contributed by atoms with E-state index in [1.54, 1.807) is 6.92 Å². The van der Waals surface area contributed by atoms with Crippen LogP contribution in [0, 0.1) is 0 Å². The molecule has 1 atom stereocenters. The topological polar surface area (TPSA) is 34.3 Å². The van der Waals surface area contributed by atoms with Gasteiger partial charge in [0.1, 0.15) is 5.72 Å². The summed E-state index contributed by atoms with van der Waals surface area (Å²) in [5.74, 6) is 0. The third kappa shape index (κ3) is 1.46. The molecule has 0 aromatic rings. The van der Waals surface area contributed by atoms with Crippen LogP contribution in [0.4, 0.5) is 0 Å². The number of nitrogens with zero attached hydrogens (tertiary/aromatic N) is 1. The molecule has 0 aromatic carbocycles. The molecule has 0 spiro atoms. The normalized spacial score (nSPS) is 39.8. The number of piperidine rings is 1. The maximum Gasteiger partial charge on any atom is 0.128 e. The average Bonchev–Trinajstić information content (AvgIpc) is 1.65. The van der Waals surface area contributed by atoms with Crippen molar-refractivity contribution in [3.8, 4) is 0 Å². The zero-order valence-electron chi connectivity index (χ0n) is 5.22. The molecule has 8 heavy (non-hydrogen) atoms. The standard InChI is InChI=1S/C6H12NO/c1-6(8)4-2-3-5-7-6/h8H,2-5H2,1H3. The molecule has 1 aliphatic rings. The van der Waals surface area contributed by atoms with Gasteiger partial charge in [-0.15, -0.1) is 0 Å². The van der Waals surface area contributed by atoms with Crippen LogP contribution in [0.15, 0.2) is 0 Å². The van der Waals surface area contributed by atoms with E-state index in [1.165, 1.54) is 0 Å². The van der Waals surface area contributed by atoms with Gasteiger partial charge in [-0.25, -0.2) is 5.32 Å². The van der Waals surface area contributed by atoms with Crippen LogP contribution in [0.3, 0.4) is 0 Å². The zero-order chi connectivity index (χ0) is 6.04. The van der Waals surface area contributed by atoms with Gasteiger partial charge in [0.2, 0.25) is 0 Å². The van der Waals surface area contributed by atoms with E-state index in [9.17, 15) is 5.11 Å². The van der Waals surface area contributed by atoms with E-state index < -0.39 is 5.72 Å². The summed E-state index contributed by atoms with van der Waals surface area (Å²) in [4.78, 5) is 0. The molecule has 0 aromatic heterocycles. The van der Waals surface area contributed by atoms with E-state index in [1.807, 2.05) is 0 Å². The fourth-order valence-electron chi connectivity index (χ4n) is 0.971. The summed E-state index contributed by atoms with van der Waals surface area (Å²) >= 11 is 0. The SMILES string of the molecule is CC1(O)CCCC[N]1. The van der Waals surface area contributed by atoms with Gasteiger partial charge >= 0.3 is 0 Å². The molecule has 1 N–H and O–H groups in total. The Morgan fingerprint density at radius 2 is 2.25 bits per heavy atom. The predicted octanol–water partition coefficient (Wildman–Crippen LogP) is 0.483. The Labute approximate surface area is 49.9 Å². The molecule has 1 rings (SSSR count). The molecule has 0 amide bonds. The molecule has 0 aliphatic carbocycles. The largest absolute Gasteiger partial charge is 0.375 e. The molecular weight excluding hydrogens is 102 g/mol. The number of hydrogen-bond donors (Lipinski definition) is 1. The molecule has 0 bridgehead atoms. The van der Waals surface area contributed by atoms with Gasteiger partial charge in [-0.3, -0.25) is 0 Å². The molecular formula is C6H12NO. The summed E-state index contributed by atoms with van der Waals surface area (Å²) in [6.07, 6.45) is 3.11. The van der Waals surface area contributed by atoms with Crippen molar-refractivity contribution >= 4 is 0 Å². The maximum absolute atomic E-state index is 9.21. The van der Waals surface area contributed by atoms with Crippen molar-refractivity contribution in [1.82, 2.24) is 5.32 Å². The minimum atomic E-state index is -0.696. The Morgan fingerprint density at radius 3 is 2.50 bits per heavy atom. The molecule has 1 fully saturated rings. The molecule has 2 nitrogen and oxygen atoms in total. The van der Waals surface area contributed by atoms with Gasteiger partial charge in [0.05, 0.1) is 0 Å². The van der Waals surface area contributed by atoms with Crippen LogP contribution in [-0.4, -0.2) is 17.4 Å². The van der Waals surface area contributed by atoms with Gasteiger partial charge in [0, 0.05) is 6.54 Å². The second-order valence-corrected chi connectivity index (χ2v) is 2.56. The Kier molecular flexibility index (Phi) is 1.54. The van der Waals surface area contributed by atoms with E-state index >= 15 is 0 Å². The first-order valence-corrected chi connectivity index (χ1v) is 3.12. The van der Waals surface area contributed by atoms with Crippen molar-refractivity contribution in [3.63, 3.8) is 0 Å². The van der Waals surface area contributed by atoms with E-state index in [2.05, 4.69) is 5.32 Å². The van der Waals surface area contributed by atoms with E-state index in [0.717, 1.165) is 25.8 Å².